The molecule has 0 amide bonds. The average Bonchev–Trinajstić information content (AvgIpc) is 2.63. The van der Waals surface area contributed by atoms with Crippen LogP contribution in [0, 0.1) is 5.92 Å². The highest BCUT2D eigenvalue weighted by molar-refractivity contribution is 6.43. The number of aliphatic hydroxyl groups is 1. The van der Waals surface area contributed by atoms with Crippen LogP contribution in [0.25, 0.3) is 10.9 Å². The van der Waals surface area contributed by atoms with Crippen LogP contribution in [0.5, 0.6) is 0 Å². The number of aromatic nitrogens is 2. The zero-order valence-electron chi connectivity index (χ0n) is 9.08. The maximum absolute atomic E-state index is 10.4. The van der Waals surface area contributed by atoms with Gasteiger partial charge in [-0.25, -0.2) is 0 Å². The van der Waals surface area contributed by atoms with Crippen LogP contribution in [0.1, 0.15) is 30.9 Å². The monoisotopic (exact) mass is 270 g/mol. The number of H-pyrrole nitrogens is 1. The number of hydrogen-bond acceptors (Lipinski definition) is 2. The Morgan fingerprint density at radius 1 is 1.41 bits per heavy atom. The molecule has 17 heavy (non-hydrogen) atoms. The molecule has 1 saturated carbocycles. The number of aliphatic hydroxyl groups excluding tert-OH is 1. The summed E-state index contributed by atoms with van der Waals surface area (Å²) < 4.78 is 0. The van der Waals surface area contributed by atoms with Gasteiger partial charge in [0.1, 0.15) is 0 Å². The van der Waals surface area contributed by atoms with Gasteiger partial charge in [0.25, 0.3) is 0 Å². The molecule has 5 heteroatoms. The fraction of sp³-hybridized carbons (Fsp3) is 0.417. The lowest BCUT2D eigenvalue weighted by molar-refractivity contribution is 0.0632. The summed E-state index contributed by atoms with van der Waals surface area (Å²) in [7, 11) is 0. The second kappa shape index (κ2) is 4.16. The molecule has 2 N–H and O–H groups in total. The Morgan fingerprint density at radius 3 is 2.82 bits per heavy atom. The van der Waals surface area contributed by atoms with E-state index in [2.05, 4.69) is 10.2 Å². The standard InChI is InChI=1S/C12H12Cl2N2O/c13-8-4-7-5-15-16-11(7)9(10(8)14)12(17)6-2-1-3-6/h4-6,12,17H,1-3H2,(H,15,16). The van der Waals surface area contributed by atoms with Gasteiger partial charge in [0, 0.05) is 10.9 Å². The quantitative estimate of drug-likeness (QED) is 0.874. The summed E-state index contributed by atoms with van der Waals surface area (Å²) >= 11 is 12.3. The topological polar surface area (TPSA) is 48.9 Å². The Labute approximate surface area is 109 Å². The van der Waals surface area contributed by atoms with Crippen LogP contribution in [-0.4, -0.2) is 15.3 Å². The maximum Gasteiger partial charge on any atom is 0.0854 e. The first-order valence-electron chi connectivity index (χ1n) is 5.67. The molecule has 1 heterocycles. The first kappa shape index (κ1) is 11.3. The summed E-state index contributed by atoms with van der Waals surface area (Å²) in [4.78, 5) is 0. The zero-order chi connectivity index (χ0) is 12.0. The Bertz CT molecular complexity index is 563. The Balaban J connectivity index is 2.17. The third-order valence-corrected chi connectivity index (χ3v) is 4.36. The van der Waals surface area contributed by atoms with E-state index in [4.69, 9.17) is 23.2 Å². The summed E-state index contributed by atoms with van der Waals surface area (Å²) in [6, 6.07) is 1.76. The summed E-state index contributed by atoms with van der Waals surface area (Å²) in [5, 5.41) is 19.0. The van der Waals surface area contributed by atoms with E-state index in [1.807, 2.05) is 0 Å². The molecule has 3 nitrogen and oxygen atoms in total. The van der Waals surface area contributed by atoms with Crippen molar-refractivity contribution in [1.82, 2.24) is 10.2 Å². The lowest BCUT2D eigenvalue weighted by atomic mass is 9.78. The highest BCUT2D eigenvalue weighted by atomic mass is 35.5. The fourth-order valence-corrected chi connectivity index (χ4v) is 2.81. The minimum atomic E-state index is -0.558. The van der Waals surface area contributed by atoms with Gasteiger partial charge in [0.2, 0.25) is 0 Å². The molecule has 1 aliphatic carbocycles. The summed E-state index contributed by atoms with van der Waals surface area (Å²) in [5.41, 5.74) is 1.48. The van der Waals surface area contributed by atoms with Crippen molar-refractivity contribution in [3.63, 3.8) is 0 Å². The number of rotatable bonds is 2. The van der Waals surface area contributed by atoms with Gasteiger partial charge in [0.15, 0.2) is 0 Å². The van der Waals surface area contributed by atoms with E-state index in [-0.39, 0.29) is 5.92 Å². The highest BCUT2D eigenvalue weighted by Crippen LogP contribution is 2.44. The number of nitrogens with zero attached hydrogens (tertiary/aromatic N) is 1. The molecule has 0 bridgehead atoms. The van der Waals surface area contributed by atoms with Gasteiger partial charge in [-0.2, -0.15) is 5.10 Å². The molecule has 1 fully saturated rings. The van der Waals surface area contributed by atoms with Gasteiger partial charge in [-0.3, -0.25) is 5.10 Å². The van der Waals surface area contributed by atoms with Crippen molar-refractivity contribution in [1.29, 1.82) is 0 Å². The molecule has 0 radical (unpaired) electrons. The molecule has 1 aromatic carbocycles. The largest absolute Gasteiger partial charge is 0.388 e. The van der Waals surface area contributed by atoms with Gasteiger partial charge in [0.05, 0.1) is 27.9 Å². The zero-order valence-corrected chi connectivity index (χ0v) is 10.6. The van der Waals surface area contributed by atoms with E-state index in [0.717, 1.165) is 23.7 Å². The number of hydrogen-bond donors (Lipinski definition) is 2. The van der Waals surface area contributed by atoms with Crippen molar-refractivity contribution < 1.29 is 5.11 Å². The van der Waals surface area contributed by atoms with Gasteiger partial charge >= 0.3 is 0 Å². The van der Waals surface area contributed by atoms with E-state index in [9.17, 15) is 5.11 Å². The molecular weight excluding hydrogens is 259 g/mol. The Kier molecular flexibility index (Phi) is 2.77. The van der Waals surface area contributed by atoms with Crippen molar-refractivity contribution in [2.24, 2.45) is 5.92 Å². The predicted octanol–water partition coefficient (Wildman–Crippen LogP) is 3.70. The first-order valence-corrected chi connectivity index (χ1v) is 6.43. The number of nitrogens with one attached hydrogen (secondary N) is 1. The molecule has 1 atom stereocenters. The number of aromatic amines is 1. The van der Waals surface area contributed by atoms with Crippen LogP contribution in [0.15, 0.2) is 12.3 Å². The van der Waals surface area contributed by atoms with E-state index in [0.29, 0.717) is 15.6 Å². The third-order valence-electron chi connectivity index (χ3n) is 3.56. The number of benzene rings is 1. The van der Waals surface area contributed by atoms with Crippen molar-refractivity contribution in [3.8, 4) is 0 Å². The van der Waals surface area contributed by atoms with E-state index < -0.39 is 6.10 Å². The first-order chi connectivity index (χ1) is 8.18. The highest BCUT2D eigenvalue weighted by Gasteiger charge is 2.30. The predicted molar refractivity (Wildman–Crippen MR) is 68.4 cm³/mol. The minimum absolute atomic E-state index is 0.289. The molecule has 1 unspecified atom stereocenters. The normalized spacial score (nSPS) is 18.3. The molecule has 3 rings (SSSR count). The van der Waals surface area contributed by atoms with E-state index in [1.165, 1.54) is 6.42 Å². The van der Waals surface area contributed by atoms with Crippen LogP contribution in [0.2, 0.25) is 10.0 Å². The Morgan fingerprint density at radius 2 is 2.18 bits per heavy atom. The molecule has 1 aromatic heterocycles. The summed E-state index contributed by atoms with van der Waals surface area (Å²) in [5.74, 6) is 0.289. The third kappa shape index (κ3) is 1.73. The lowest BCUT2D eigenvalue weighted by Gasteiger charge is -2.31. The second-order valence-corrected chi connectivity index (χ2v) is 5.34. The molecular formula is C12H12Cl2N2O. The molecule has 0 saturated heterocycles. The molecule has 0 spiro atoms. The van der Waals surface area contributed by atoms with Crippen molar-refractivity contribution in [2.45, 2.75) is 25.4 Å². The van der Waals surface area contributed by atoms with E-state index >= 15 is 0 Å². The smallest absolute Gasteiger partial charge is 0.0854 e. The molecule has 90 valence electrons. The number of fused-ring (bicyclic) bond motifs is 1. The molecule has 1 aliphatic rings. The molecule has 2 aromatic rings. The van der Waals surface area contributed by atoms with Crippen molar-refractivity contribution in [2.75, 3.05) is 0 Å². The second-order valence-electron chi connectivity index (χ2n) is 4.56. The Hall–Kier alpha value is -0.770. The lowest BCUT2D eigenvalue weighted by Crippen LogP contribution is -2.20. The van der Waals surface area contributed by atoms with Gasteiger partial charge in [-0.05, 0) is 24.8 Å². The minimum Gasteiger partial charge on any atom is -0.388 e. The van der Waals surface area contributed by atoms with E-state index in [1.54, 1.807) is 12.3 Å². The van der Waals surface area contributed by atoms with Crippen LogP contribution >= 0.6 is 23.2 Å². The maximum atomic E-state index is 10.4. The summed E-state index contributed by atoms with van der Waals surface area (Å²) in [6.45, 7) is 0. The summed E-state index contributed by atoms with van der Waals surface area (Å²) in [6.07, 6.45) is 4.39. The van der Waals surface area contributed by atoms with Crippen molar-refractivity contribution >= 4 is 34.1 Å². The number of halogens is 2. The SMILES string of the molecule is OC(c1c(Cl)c(Cl)cc2cn[nH]c12)C1CCC1. The van der Waals surface area contributed by atoms with Crippen LogP contribution in [0.3, 0.4) is 0 Å². The fourth-order valence-electron chi connectivity index (χ4n) is 2.33. The van der Waals surface area contributed by atoms with Crippen LogP contribution in [-0.2, 0) is 0 Å². The van der Waals surface area contributed by atoms with Crippen molar-refractivity contribution in [3.05, 3.63) is 27.9 Å². The van der Waals surface area contributed by atoms with Gasteiger partial charge < -0.3 is 5.11 Å². The van der Waals surface area contributed by atoms with Crippen LogP contribution < -0.4 is 0 Å². The van der Waals surface area contributed by atoms with Gasteiger partial charge in [-0.1, -0.05) is 29.6 Å². The molecule has 0 aliphatic heterocycles. The average molecular weight is 271 g/mol. The van der Waals surface area contributed by atoms with Gasteiger partial charge in [-0.15, -0.1) is 0 Å². The van der Waals surface area contributed by atoms with Crippen LogP contribution in [0.4, 0.5) is 0 Å².